The third-order valence-electron chi connectivity index (χ3n) is 1.30. The fourth-order valence-electron chi connectivity index (χ4n) is 0.658. The van der Waals surface area contributed by atoms with E-state index in [0.717, 1.165) is 0 Å². The van der Waals surface area contributed by atoms with Crippen molar-refractivity contribution in [3.63, 3.8) is 0 Å². The second-order valence-electron chi connectivity index (χ2n) is 2.46. The molecule has 0 aliphatic carbocycles. The molecule has 0 amide bonds. The number of pyridine rings is 1. The predicted octanol–water partition coefficient (Wildman–Crippen LogP) is 2.28. The van der Waals surface area contributed by atoms with E-state index in [1.165, 1.54) is 0 Å². The van der Waals surface area contributed by atoms with Gasteiger partial charge >= 0.3 is 0 Å². The molecule has 1 N–H and O–H groups in total. The lowest BCUT2D eigenvalue weighted by atomic mass is 10.5. The van der Waals surface area contributed by atoms with E-state index in [0.29, 0.717) is 13.1 Å². The maximum absolute atomic E-state index is 9.18. The van der Waals surface area contributed by atoms with Crippen LogP contribution in [0.2, 0.25) is 0 Å². The van der Waals surface area contributed by atoms with Crippen molar-refractivity contribution in [2.24, 2.45) is 0 Å². The number of hydrogen-bond acceptors (Lipinski definition) is 3. The minimum Gasteiger partial charge on any atom is -0.468 e. The van der Waals surface area contributed by atoms with Crippen molar-refractivity contribution in [3.05, 3.63) is 55.1 Å². The van der Waals surface area contributed by atoms with Gasteiger partial charge in [0.15, 0.2) is 0 Å². The van der Waals surface area contributed by atoms with Gasteiger partial charge in [-0.05, 0) is 31.2 Å². The maximum atomic E-state index is 9.18. The first kappa shape index (κ1) is 13.9. The number of hydrogen-bond donors (Lipinski definition) is 1. The molecular weight excluding hydrogens is 204 g/mol. The fraction of sp³-hybridized carbons (Fsp3) is 0.167. The van der Waals surface area contributed by atoms with E-state index >= 15 is 0 Å². The lowest BCUT2D eigenvalue weighted by molar-refractivity contribution is -0.128. The van der Waals surface area contributed by atoms with Crippen molar-refractivity contribution >= 4 is 6.47 Å². The lowest BCUT2D eigenvalue weighted by Gasteiger charge is -1.79. The number of aromatic amines is 1. The Morgan fingerprint density at radius 2 is 1.75 bits per heavy atom. The second kappa shape index (κ2) is 12.9. The largest absolute Gasteiger partial charge is 0.468 e. The Morgan fingerprint density at radius 1 is 1.12 bits per heavy atom. The SMILES string of the molecule is CCOC=O.c1cc[nH]c1.c1ccncc1. The van der Waals surface area contributed by atoms with E-state index in [9.17, 15) is 4.79 Å². The van der Waals surface area contributed by atoms with Crippen LogP contribution in [0.3, 0.4) is 0 Å². The Morgan fingerprint density at radius 3 is 1.88 bits per heavy atom. The smallest absolute Gasteiger partial charge is 0.293 e. The summed E-state index contributed by atoms with van der Waals surface area (Å²) in [5.74, 6) is 0. The van der Waals surface area contributed by atoms with Gasteiger partial charge in [0.05, 0.1) is 6.61 Å². The van der Waals surface area contributed by atoms with Crippen LogP contribution in [-0.4, -0.2) is 23.0 Å². The first-order valence-corrected chi connectivity index (χ1v) is 4.89. The highest BCUT2D eigenvalue weighted by Gasteiger charge is 1.61. The Kier molecular flexibility index (Phi) is 11.2. The number of nitrogens with zero attached hydrogens (tertiary/aromatic N) is 1. The second-order valence-corrected chi connectivity index (χ2v) is 2.46. The average molecular weight is 220 g/mol. The molecule has 86 valence electrons. The van der Waals surface area contributed by atoms with Gasteiger partial charge in [-0.3, -0.25) is 9.78 Å². The lowest BCUT2D eigenvalue weighted by Crippen LogP contribution is -1.80. The van der Waals surface area contributed by atoms with Crippen LogP contribution >= 0.6 is 0 Å². The van der Waals surface area contributed by atoms with Gasteiger partial charge in [0.1, 0.15) is 0 Å². The van der Waals surface area contributed by atoms with Gasteiger partial charge in [0, 0.05) is 24.8 Å². The molecule has 0 fully saturated rings. The molecule has 0 radical (unpaired) electrons. The summed E-state index contributed by atoms with van der Waals surface area (Å²) < 4.78 is 4.15. The van der Waals surface area contributed by atoms with Gasteiger partial charge in [0.25, 0.3) is 6.47 Å². The molecule has 4 nitrogen and oxygen atoms in total. The molecule has 0 saturated heterocycles. The van der Waals surface area contributed by atoms with Crippen molar-refractivity contribution in [2.75, 3.05) is 6.61 Å². The first-order valence-electron chi connectivity index (χ1n) is 4.89. The molecule has 4 heteroatoms. The summed E-state index contributed by atoms with van der Waals surface area (Å²) >= 11 is 0. The molecule has 16 heavy (non-hydrogen) atoms. The predicted molar refractivity (Wildman–Crippen MR) is 62.7 cm³/mol. The van der Waals surface area contributed by atoms with E-state index in [2.05, 4.69) is 14.7 Å². The topological polar surface area (TPSA) is 55.0 Å². The number of ether oxygens (including phenoxy) is 1. The molecule has 0 aliphatic rings. The van der Waals surface area contributed by atoms with Crippen LogP contribution in [0.25, 0.3) is 0 Å². The van der Waals surface area contributed by atoms with Crippen molar-refractivity contribution < 1.29 is 9.53 Å². The third-order valence-corrected chi connectivity index (χ3v) is 1.30. The molecule has 0 aromatic carbocycles. The van der Waals surface area contributed by atoms with Crippen molar-refractivity contribution in [1.29, 1.82) is 0 Å². The summed E-state index contributed by atoms with van der Waals surface area (Å²) in [4.78, 5) is 15.8. The number of H-pyrrole nitrogens is 1. The molecule has 2 aromatic heterocycles. The summed E-state index contributed by atoms with van der Waals surface area (Å²) in [5.41, 5.74) is 0. The van der Waals surface area contributed by atoms with Crippen molar-refractivity contribution in [2.45, 2.75) is 6.92 Å². The van der Waals surface area contributed by atoms with Gasteiger partial charge in [-0.15, -0.1) is 0 Å². The molecule has 2 heterocycles. The van der Waals surface area contributed by atoms with Crippen molar-refractivity contribution in [1.82, 2.24) is 9.97 Å². The number of carbonyl (C=O) groups excluding carboxylic acids is 1. The van der Waals surface area contributed by atoms with Crippen LogP contribution in [0.5, 0.6) is 0 Å². The molecule has 0 aliphatic heterocycles. The molecule has 2 aromatic rings. The van der Waals surface area contributed by atoms with E-state index in [1.54, 1.807) is 19.3 Å². The Bertz CT molecular complexity index is 265. The quantitative estimate of drug-likeness (QED) is 0.790. The van der Waals surface area contributed by atoms with Crippen LogP contribution in [0, 0.1) is 0 Å². The van der Waals surface area contributed by atoms with Gasteiger partial charge < -0.3 is 9.72 Å². The standard InChI is InChI=1S/C5H5N.C4H5N.C3H6O2/c1-2-4-6-5-3-1;1-2-4-5-3-1;1-2-5-3-4/h1-5H;1-5H;3H,2H2,1H3. The highest BCUT2D eigenvalue weighted by Crippen LogP contribution is 1.73. The molecule has 2 rings (SSSR count). The molecule has 0 saturated carbocycles. The van der Waals surface area contributed by atoms with Crippen LogP contribution in [0.4, 0.5) is 0 Å². The number of aromatic nitrogens is 2. The summed E-state index contributed by atoms with van der Waals surface area (Å²) in [6, 6.07) is 9.60. The van der Waals surface area contributed by atoms with E-state index in [-0.39, 0.29) is 0 Å². The Labute approximate surface area is 95.3 Å². The highest BCUT2D eigenvalue weighted by molar-refractivity contribution is 5.36. The summed E-state index contributed by atoms with van der Waals surface area (Å²) in [6.07, 6.45) is 7.25. The van der Waals surface area contributed by atoms with Gasteiger partial charge in [0.2, 0.25) is 0 Å². The van der Waals surface area contributed by atoms with E-state index < -0.39 is 0 Å². The zero-order chi connectivity index (χ0) is 11.9. The minimum atomic E-state index is 0.431. The molecular formula is C12H16N2O2. The molecule has 0 unspecified atom stereocenters. The summed E-state index contributed by atoms with van der Waals surface area (Å²) in [7, 11) is 0. The molecule has 0 atom stereocenters. The van der Waals surface area contributed by atoms with Gasteiger partial charge in [-0.2, -0.15) is 0 Å². The van der Waals surface area contributed by atoms with Gasteiger partial charge in [-0.1, -0.05) is 6.07 Å². The minimum absolute atomic E-state index is 0.431. The number of carbonyl (C=O) groups is 1. The van der Waals surface area contributed by atoms with Crippen molar-refractivity contribution in [3.8, 4) is 0 Å². The molecule has 0 bridgehead atoms. The number of nitrogens with one attached hydrogen (secondary N) is 1. The zero-order valence-electron chi connectivity index (χ0n) is 9.24. The van der Waals surface area contributed by atoms with Crippen LogP contribution < -0.4 is 0 Å². The van der Waals surface area contributed by atoms with Crippen LogP contribution in [0.15, 0.2) is 55.1 Å². The highest BCUT2D eigenvalue weighted by atomic mass is 16.5. The fourth-order valence-corrected chi connectivity index (χ4v) is 0.658. The van der Waals surface area contributed by atoms with E-state index in [1.807, 2.05) is 42.7 Å². The summed E-state index contributed by atoms with van der Waals surface area (Å²) in [6.45, 7) is 2.66. The Balaban J connectivity index is 0.000000213. The normalized spacial score (nSPS) is 7.56. The monoisotopic (exact) mass is 220 g/mol. The molecule has 0 spiro atoms. The maximum Gasteiger partial charge on any atom is 0.293 e. The third kappa shape index (κ3) is 11.9. The first-order chi connectivity index (χ1) is 7.91. The average Bonchev–Trinajstić information content (AvgIpc) is 2.92. The number of rotatable bonds is 2. The van der Waals surface area contributed by atoms with Crippen LogP contribution in [-0.2, 0) is 9.53 Å². The summed E-state index contributed by atoms with van der Waals surface area (Å²) in [5, 5.41) is 0. The van der Waals surface area contributed by atoms with Gasteiger partial charge in [-0.25, -0.2) is 0 Å². The van der Waals surface area contributed by atoms with Crippen LogP contribution in [0.1, 0.15) is 6.92 Å². The Hall–Kier alpha value is -2.10. The van der Waals surface area contributed by atoms with E-state index in [4.69, 9.17) is 0 Å². The zero-order valence-corrected chi connectivity index (χ0v) is 9.24.